The Balaban J connectivity index is 2.18. The Bertz CT molecular complexity index is 480. The monoisotopic (exact) mass is 201 g/mol. The lowest BCUT2D eigenvalue weighted by atomic mass is 9.90. The molecule has 1 aliphatic carbocycles. The number of hydrogen-bond donors (Lipinski definition) is 2. The standard InChI is InChI=1S/C12H15N3/c13-12(5-1-2-6-12)10-8-15-11-9(10)4-3-7-14-11/h3-4,7-8H,1-2,5-6,13H2,(H,14,15). The zero-order chi connectivity index (χ0) is 10.3. The average molecular weight is 201 g/mol. The molecule has 2 aromatic rings. The molecule has 1 fully saturated rings. The summed E-state index contributed by atoms with van der Waals surface area (Å²) >= 11 is 0. The van der Waals surface area contributed by atoms with Crippen LogP contribution in [0.5, 0.6) is 0 Å². The molecule has 0 amide bonds. The predicted molar refractivity (Wildman–Crippen MR) is 60.4 cm³/mol. The molecule has 3 heteroatoms. The third kappa shape index (κ3) is 1.27. The largest absolute Gasteiger partial charge is 0.346 e. The van der Waals surface area contributed by atoms with Crippen LogP contribution in [0.15, 0.2) is 24.5 Å². The van der Waals surface area contributed by atoms with E-state index in [4.69, 9.17) is 5.73 Å². The lowest BCUT2D eigenvalue weighted by molar-refractivity contribution is 0.466. The zero-order valence-electron chi connectivity index (χ0n) is 8.66. The Morgan fingerprint density at radius 2 is 2.13 bits per heavy atom. The first-order valence-electron chi connectivity index (χ1n) is 5.51. The fourth-order valence-corrected chi connectivity index (χ4v) is 2.64. The first-order chi connectivity index (χ1) is 7.30. The minimum Gasteiger partial charge on any atom is -0.346 e. The van der Waals surface area contributed by atoms with Gasteiger partial charge < -0.3 is 10.7 Å². The molecule has 3 nitrogen and oxygen atoms in total. The number of hydrogen-bond acceptors (Lipinski definition) is 2. The van der Waals surface area contributed by atoms with E-state index in [0.29, 0.717) is 0 Å². The Morgan fingerprint density at radius 3 is 2.93 bits per heavy atom. The van der Waals surface area contributed by atoms with Gasteiger partial charge >= 0.3 is 0 Å². The third-order valence-electron chi connectivity index (χ3n) is 3.48. The molecule has 0 aromatic carbocycles. The van der Waals surface area contributed by atoms with Crippen LogP contribution in [-0.2, 0) is 5.54 Å². The second-order valence-corrected chi connectivity index (χ2v) is 4.47. The van der Waals surface area contributed by atoms with Gasteiger partial charge in [-0.05, 0) is 30.5 Å². The number of nitrogens with two attached hydrogens (primary N) is 1. The maximum absolute atomic E-state index is 6.44. The number of fused-ring (bicyclic) bond motifs is 1. The van der Waals surface area contributed by atoms with Crippen molar-refractivity contribution < 1.29 is 0 Å². The number of pyridine rings is 1. The van der Waals surface area contributed by atoms with E-state index in [1.807, 2.05) is 12.3 Å². The summed E-state index contributed by atoms with van der Waals surface area (Å²) in [5.41, 5.74) is 8.51. The lowest BCUT2D eigenvalue weighted by Gasteiger charge is -2.22. The molecule has 0 spiro atoms. The van der Waals surface area contributed by atoms with E-state index in [0.717, 1.165) is 18.5 Å². The van der Waals surface area contributed by atoms with Gasteiger partial charge in [-0.1, -0.05) is 12.8 Å². The summed E-state index contributed by atoms with van der Waals surface area (Å²) in [6.07, 6.45) is 8.50. The van der Waals surface area contributed by atoms with Crippen LogP contribution in [-0.4, -0.2) is 9.97 Å². The highest BCUT2D eigenvalue weighted by atomic mass is 14.9. The summed E-state index contributed by atoms with van der Waals surface area (Å²) in [7, 11) is 0. The van der Waals surface area contributed by atoms with Gasteiger partial charge in [0.05, 0.1) is 0 Å². The highest BCUT2D eigenvalue weighted by Crippen LogP contribution is 2.38. The minimum atomic E-state index is -0.124. The Kier molecular flexibility index (Phi) is 1.83. The third-order valence-corrected chi connectivity index (χ3v) is 3.48. The number of nitrogens with one attached hydrogen (secondary N) is 1. The van der Waals surface area contributed by atoms with Crippen LogP contribution in [0, 0.1) is 0 Å². The van der Waals surface area contributed by atoms with Gasteiger partial charge in [0.25, 0.3) is 0 Å². The molecule has 3 N–H and O–H groups in total. The Morgan fingerprint density at radius 1 is 1.33 bits per heavy atom. The maximum atomic E-state index is 6.44. The SMILES string of the molecule is NC1(c2c[nH]c3ncccc23)CCCC1. The van der Waals surface area contributed by atoms with Gasteiger partial charge in [-0.15, -0.1) is 0 Å². The summed E-state index contributed by atoms with van der Waals surface area (Å²) in [5.74, 6) is 0. The van der Waals surface area contributed by atoms with E-state index in [9.17, 15) is 0 Å². The van der Waals surface area contributed by atoms with Gasteiger partial charge in [-0.2, -0.15) is 0 Å². The normalized spacial score (nSPS) is 19.8. The van der Waals surface area contributed by atoms with E-state index < -0.39 is 0 Å². The maximum Gasteiger partial charge on any atom is 0.137 e. The molecular weight excluding hydrogens is 186 g/mol. The second-order valence-electron chi connectivity index (χ2n) is 4.47. The van der Waals surface area contributed by atoms with Crippen molar-refractivity contribution in [3.8, 4) is 0 Å². The summed E-state index contributed by atoms with van der Waals surface area (Å²) in [4.78, 5) is 7.49. The number of H-pyrrole nitrogens is 1. The molecular formula is C12H15N3. The molecule has 0 saturated heterocycles. The van der Waals surface area contributed by atoms with Gasteiger partial charge in [0.2, 0.25) is 0 Å². The molecule has 1 aliphatic rings. The molecule has 0 radical (unpaired) electrons. The van der Waals surface area contributed by atoms with Crippen LogP contribution in [0.25, 0.3) is 11.0 Å². The van der Waals surface area contributed by atoms with Gasteiger partial charge in [0, 0.05) is 23.3 Å². The summed E-state index contributed by atoms with van der Waals surface area (Å²) in [6.45, 7) is 0. The zero-order valence-corrected chi connectivity index (χ0v) is 8.66. The van der Waals surface area contributed by atoms with Crippen LogP contribution in [0.2, 0.25) is 0 Å². The number of aromatic amines is 1. The first-order valence-corrected chi connectivity index (χ1v) is 5.51. The Labute approximate surface area is 88.7 Å². The fraction of sp³-hybridized carbons (Fsp3) is 0.417. The molecule has 0 atom stereocenters. The van der Waals surface area contributed by atoms with Gasteiger partial charge in [0.1, 0.15) is 5.65 Å². The van der Waals surface area contributed by atoms with Gasteiger partial charge in [-0.3, -0.25) is 0 Å². The highest BCUT2D eigenvalue weighted by molar-refractivity contribution is 5.80. The van der Waals surface area contributed by atoms with E-state index in [1.54, 1.807) is 6.20 Å². The van der Waals surface area contributed by atoms with E-state index in [2.05, 4.69) is 16.0 Å². The molecule has 2 aromatic heterocycles. The summed E-state index contributed by atoms with van der Waals surface area (Å²) in [6, 6.07) is 4.07. The number of nitrogens with zero attached hydrogens (tertiary/aromatic N) is 1. The van der Waals surface area contributed by atoms with Gasteiger partial charge in [0.15, 0.2) is 0 Å². The van der Waals surface area contributed by atoms with Crippen molar-refractivity contribution in [1.29, 1.82) is 0 Å². The number of aromatic nitrogens is 2. The second kappa shape index (κ2) is 3.07. The fourth-order valence-electron chi connectivity index (χ4n) is 2.64. The van der Waals surface area contributed by atoms with Crippen LogP contribution in [0.4, 0.5) is 0 Å². The summed E-state index contributed by atoms with van der Waals surface area (Å²) in [5, 5.41) is 1.18. The predicted octanol–water partition coefficient (Wildman–Crippen LogP) is 2.29. The molecule has 3 rings (SSSR count). The highest BCUT2D eigenvalue weighted by Gasteiger charge is 2.33. The molecule has 0 aliphatic heterocycles. The van der Waals surface area contributed by atoms with Crippen molar-refractivity contribution in [2.24, 2.45) is 5.73 Å². The molecule has 15 heavy (non-hydrogen) atoms. The minimum absolute atomic E-state index is 0.124. The quantitative estimate of drug-likeness (QED) is 0.743. The Hall–Kier alpha value is -1.35. The number of rotatable bonds is 1. The van der Waals surface area contributed by atoms with Crippen LogP contribution in [0.1, 0.15) is 31.2 Å². The van der Waals surface area contributed by atoms with Crippen molar-refractivity contribution in [3.63, 3.8) is 0 Å². The summed E-state index contributed by atoms with van der Waals surface area (Å²) < 4.78 is 0. The molecule has 1 saturated carbocycles. The van der Waals surface area contributed by atoms with Gasteiger partial charge in [-0.25, -0.2) is 4.98 Å². The lowest BCUT2D eigenvalue weighted by Crippen LogP contribution is -2.32. The van der Waals surface area contributed by atoms with E-state index in [-0.39, 0.29) is 5.54 Å². The molecule has 0 unspecified atom stereocenters. The molecule has 2 heterocycles. The van der Waals surface area contributed by atoms with Crippen molar-refractivity contribution in [2.45, 2.75) is 31.2 Å². The van der Waals surface area contributed by atoms with Crippen molar-refractivity contribution >= 4 is 11.0 Å². The van der Waals surface area contributed by atoms with Crippen LogP contribution in [0.3, 0.4) is 0 Å². The van der Waals surface area contributed by atoms with Crippen LogP contribution < -0.4 is 5.73 Å². The van der Waals surface area contributed by atoms with Crippen molar-refractivity contribution in [2.75, 3.05) is 0 Å². The first kappa shape index (κ1) is 8.92. The van der Waals surface area contributed by atoms with Crippen LogP contribution >= 0.6 is 0 Å². The molecule has 0 bridgehead atoms. The average Bonchev–Trinajstić information content (AvgIpc) is 2.84. The van der Waals surface area contributed by atoms with E-state index >= 15 is 0 Å². The smallest absolute Gasteiger partial charge is 0.137 e. The molecule has 78 valence electrons. The van der Waals surface area contributed by atoms with Crippen molar-refractivity contribution in [3.05, 3.63) is 30.1 Å². The topological polar surface area (TPSA) is 54.7 Å². The van der Waals surface area contributed by atoms with Crippen molar-refractivity contribution in [1.82, 2.24) is 9.97 Å². The van der Waals surface area contributed by atoms with E-state index in [1.165, 1.54) is 23.8 Å².